The van der Waals surface area contributed by atoms with E-state index in [2.05, 4.69) is 23.0 Å². The fourth-order valence-electron chi connectivity index (χ4n) is 3.45. The molecule has 1 aromatic rings. The van der Waals surface area contributed by atoms with Gasteiger partial charge in [-0.3, -0.25) is 4.90 Å². The first-order chi connectivity index (χ1) is 7.75. The third-order valence-electron chi connectivity index (χ3n) is 4.29. The molecule has 1 unspecified atom stereocenters. The summed E-state index contributed by atoms with van der Waals surface area (Å²) >= 11 is 5.84. The van der Waals surface area contributed by atoms with Crippen LogP contribution in [0.4, 0.5) is 0 Å². The predicted octanol–water partition coefficient (Wildman–Crippen LogP) is 3.28. The Labute approximate surface area is 102 Å². The SMILES string of the molecule is CN1C2CCC(CC2)C1c1ccc(Cl)nc1. The molecule has 3 fully saturated rings. The van der Waals surface area contributed by atoms with Gasteiger partial charge in [-0.2, -0.15) is 0 Å². The van der Waals surface area contributed by atoms with Gasteiger partial charge in [0.1, 0.15) is 5.15 Å². The molecule has 3 aliphatic rings. The highest BCUT2D eigenvalue weighted by molar-refractivity contribution is 6.29. The topological polar surface area (TPSA) is 16.1 Å². The molecule has 2 saturated heterocycles. The van der Waals surface area contributed by atoms with Crippen molar-refractivity contribution >= 4 is 11.6 Å². The van der Waals surface area contributed by atoms with Crippen molar-refractivity contribution in [3.63, 3.8) is 0 Å². The number of hydrogen-bond acceptors (Lipinski definition) is 2. The summed E-state index contributed by atoms with van der Waals surface area (Å²) in [6.07, 6.45) is 7.45. The molecule has 2 aliphatic heterocycles. The Morgan fingerprint density at radius 1 is 1.25 bits per heavy atom. The first-order valence-corrected chi connectivity index (χ1v) is 6.47. The average molecular weight is 237 g/mol. The number of rotatable bonds is 1. The second-order valence-corrected chi connectivity index (χ2v) is 5.48. The zero-order valence-electron chi connectivity index (χ0n) is 9.56. The molecule has 1 aromatic heterocycles. The van der Waals surface area contributed by atoms with Gasteiger partial charge in [-0.1, -0.05) is 17.7 Å². The van der Waals surface area contributed by atoms with Crippen molar-refractivity contribution in [3.8, 4) is 0 Å². The van der Waals surface area contributed by atoms with Gasteiger partial charge >= 0.3 is 0 Å². The molecule has 0 spiro atoms. The third kappa shape index (κ3) is 1.64. The number of nitrogens with zero attached hydrogens (tertiary/aromatic N) is 2. The lowest BCUT2D eigenvalue weighted by atomic mass is 9.73. The van der Waals surface area contributed by atoms with Crippen LogP contribution < -0.4 is 0 Å². The van der Waals surface area contributed by atoms with E-state index in [1.54, 1.807) is 0 Å². The van der Waals surface area contributed by atoms with Crippen LogP contribution in [0.2, 0.25) is 5.15 Å². The first-order valence-electron chi connectivity index (χ1n) is 6.09. The van der Waals surface area contributed by atoms with Crippen LogP contribution in [0.3, 0.4) is 0 Å². The molecule has 1 saturated carbocycles. The van der Waals surface area contributed by atoms with Crippen molar-refractivity contribution in [2.75, 3.05) is 7.05 Å². The van der Waals surface area contributed by atoms with E-state index >= 15 is 0 Å². The van der Waals surface area contributed by atoms with Crippen LogP contribution in [0.5, 0.6) is 0 Å². The maximum atomic E-state index is 5.84. The minimum Gasteiger partial charge on any atom is -0.296 e. The quantitative estimate of drug-likeness (QED) is 0.696. The summed E-state index contributed by atoms with van der Waals surface area (Å²) in [5.74, 6) is 0.818. The Morgan fingerprint density at radius 2 is 2.00 bits per heavy atom. The summed E-state index contributed by atoms with van der Waals surface area (Å²) in [4.78, 5) is 6.76. The second kappa shape index (κ2) is 4.01. The van der Waals surface area contributed by atoms with E-state index in [0.717, 1.165) is 12.0 Å². The van der Waals surface area contributed by atoms with E-state index in [-0.39, 0.29) is 0 Å². The number of piperidine rings is 2. The highest BCUT2D eigenvalue weighted by Crippen LogP contribution is 2.46. The monoisotopic (exact) mass is 236 g/mol. The summed E-state index contributed by atoms with van der Waals surface area (Å²) in [6, 6.07) is 5.40. The van der Waals surface area contributed by atoms with Crippen molar-refractivity contribution in [1.29, 1.82) is 0 Å². The Bertz CT molecular complexity index is 366. The van der Waals surface area contributed by atoms with Crippen LogP contribution in [-0.2, 0) is 0 Å². The highest BCUT2D eigenvalue weighted by Gasteiger charge is 2.40. The number of aromatic nitrogens is 1. The van der Waals surface area contributed by atoms with Crippen molar-refractivity contribution in [2.24, 2.45) is 5.92 Å². The van der Waals surface area contributed by atoms with Crippen LogP contribution in [0.1, 0.15) is 37.3 Å². The maximum Gasteiger partial charge on any atom is 0.129 e. The van der Waals surface area contributed by atoms with Gasteiger partial charge in [-0.05, 0) is 50.3 Å². The van der Waals surface area contributed by atoms with Gasteiger partial charge < -0.3 is 0 Å². The zero-order valence-corrected chi connectivity index (χ0v) is 10.3. The summed E-state index contributed by atoms with van der Waals surface area (Å²) in [5, 5.41) is 0.590. The van der Waals surface area contributed by atoms with E-state index < -0.39 is 0 Å². The van der Waals surface area contributed by atoms with Crippen molar-refractivity contribution in [2.45, 2.75) is 37.8 Å². The fraction of sp³-hybridized carbons (Fsp3) is 0.615. The molecule has 0 amide bonds. The molecule has 3 heteroatoms. The van der Waals surface area contributed by atoms with Gasteiger partial charge in [0.15, 0.2) is 0 Å². The van der Waals surface area contributed by atoms with Gasteiger partial charge in [-0.25, -0.2) is 4.98 Å². The molecular weight excluding hydrogens is 220 g/mol. The van der Waals surface area contributed by atoms with Gasteiger partial charge in [0.2, 0.25) is 0 Å². The molecule has 1 aliphatic carbocycles. The Hall–Kier alpha value is -0.600. The lowest BCUT2D eigenvalue weighted by Crippen LogP contribution is -2.47. The van der Waals surface area contributed by atoms with E-state index in [9.17, 15) is 0 Å². The molecule has 4 rings (SSSR count). The van der Waals surface area contributed by atoms with Crippen molar-refractivity contribution < 1.29 is 0 Å². The number of pyridine rings is 1. The minimum absolute atomic E-state index is 0.567. The van der Waals surface area contributed by atoms with Crippen LogP contribution in [0.15, 0.2) is 18.3 Å². The predicted molar refractivity (Wildman–Crippen MR) is 65.5 cm³/mol. The summed E-state index contributed by atoms with van der Waals surface area (Å²) in [5.41, 5.74) is 1.33. The van der Waals surface area contributed by atoms with E-state index in [4.69, 9.17) is 11.6 Å². The molecule has 16 heavy (non-hydrogen) atoms. The van der Waals surface area contributed by atoms with E-state index in [1.807, 2.05) is 12.3 Å². The largest absolute Gasteiger partial charge is 0.296 e. The molecular formula is C13H17ClN2. The van der Waals surface area contributed by atoms with Gasteiger partial charge in [0.25, 0.3) is 0 Å². The lowest BCUT2D eigenvalue weighted by Gasteiger charge is -2.50. The minimum atomic E-state index is 0.567. The molecule has 2 nitrogen and oxygen atoms in total. The fourth-order valence-corrected chi connectivity index (χ4v) is 3.57. The standard InChI is InChI=1S/C13H17ClN2/c1-16-11-5-2-9(3-6-11)13(16)10-4-7-12(14)15-8-10/h4,7-9,11,13H,2-3,5-6H2,1H3. The van der Waals surface area contributed by atoms with Crippen LogP contribution in [-0.4, -0.2) is 23.0 Å². The Kier molecular flexibility index (Phi) is 2.64. The smallest absolute Gasteiger partial charge is 0.129 e. The number of fused-ring (bicyclic) bond motifs is 3. The van der Waals surface area contributed by atoms with Crippen LogP contribution in [0.25, 0.3) is 0 Å². The lowest BCUT2D eigenvalue weighted by molar-refractivity contribution is 0.00715. The maximum absolute atomic E-state index is 5.84. The van der Waals surface area contributed by atoms with Gasteiger partial charge in [0.05, 0.1) is 0 Å². The molecule has 1 atom stereocenters. The second-order valence-electron chi connectivity index (χ2n) is 5.09. The number of hydrogen-bond donors (Lipinski definition) is 0. The summed E-state index contributed by atoms with van der Waals surface area (Å²) in [7, 11) is 2.26. The molecule has 3 heterocycles. The molecule has 2 bridgehead atoms. The Morgan fingerprint density at radius 3 is 2.56 bits per heavy atom. The van der Waals surface area contributed by atoms with Gasteiger partial charge in [-0.15, -0.1) is 0 Å². The van der Waals surface area contributed by atoms with Crippen molar-refractivity contribution in [1.82, 2.24) is 9.88 Å². The number of halogens is 1. The molecule has 86 valence electrons. The summed E-state index contributed by atoms with van der Waals surface area (Å²) < 4.78 is 0. The van der Waals surface area contributed by atoms with Crippen molar-refractivity contribution in [3.05, 3.63) is 29.0 Å². The normalized spacial score (nSPS) is 34.2. The molecule has 0 radical (unpaired) electrons. The van der Waals surface area contributed by atoms with E-state index in [0.29, 0.717) is 11.2 Å². The van der Waals surface area contributed by atoms with Gasteiger partial charge in [0, 0.05) is 18.3 Å². The average Bonchev–Trinajstić information content (AvgIpc) is 2.32. The van der Waals surface area contributed by atoms with Crippen LogP contribution >= 0.6 is 11.6 Å². The molecule has 0 N–H and O–H groups in total. The first kappa shape index (κ1) is 10.5. The molecule has 0 aromatic carbocycles. The zero-order chi connectivity index (χ0) is 11.1. The summed E-state index contributed by atoms with van der Waals surface area (Å²) in [6.45, 7) is 0. The van der Waals surface area contributed by atoms with Crippen LogP contribution in [0, 0.1) is 5.92 Å². The highest BCUT2D eigenvalue weighted by atomic mass is 35.5. The van der Waals surface area contributed by atoms with E-state index in [1.165, 1.54) is 31.2 Å². The Balaban J connectivity index is 1.91. The third-order valence-corrected chi connectivity index (χ3v) is 4.52.